The second kappa shape index (κ2) is 3.87. The van der Waals surface area contributed by atoms with Crippen LogP contribution in [0.4, 0.5) is 5.69 Å². The van der Waals surface area contributed by atoms with Crippen LogP contribution in [0.2, 0.25) is 0 Å². The monoisotopic (exact) mass is 424 g/mol. The first-order valence-corrected chi connectivity index (χ1v) is 6.59. The zero-order valence-electron chi connectivity index (χ0n) is 6.12. The van der Waals surface area contributed by atoms with E-state index in [4.69, 9.17) is 5.73 Å². The molecule has 0 radical (unpaired) electrons. The zero-order valence-corrected chi connectivity index (χ0v) is 11.3. The molecule has 1 aromatic carbocycles. The van der Waals surface area contributed by atoms with Gasteiger partial charge in [-0.2, -0.15) is 0 Å². The lowest BCUT2D eigenvalue weighted by molar-refractivity contribution is 0.462. The SMILES string of the molecule is Nc1cc(I)c(S(=O)(=O)[O-])c(I)c1. The predicted molar refractivity (Wildman–Crippen MR) is 64.3 cm³/mol. The molecule has 0 bridgehead atoms. The third-order valence-electron chi connectivity index (χ3n) is 1.27. The summed E-state index contributed by atoms with van der Waals surface area (Å²) in [5, 5.41) is 0. The second-order valence-corrected chi connectivity index (χ2v) is 5.91. The van der Waals surface area contributed by atoms with Gasteiger partial charge >= 0.3 is 0 Å². The quantitative estimate of drug-likeness (QED) is 0.420. The van der Waals surface area contributed by atoms with E-state index in [0.29, 0.717) is 12.8 Å². The van der Waals surface area contributed by atoms with Gasteiger partial charge in [0.15, 0.2) is 0 Å². The van der Waals surface area contributed by atoms with Crippen LogP contribution in [-0.2, 0) is 10.1 Å². The lowest BCUT2D eigenvalue weighted by atomic mass is 10.3. The molecule has 1 aromatic rings. The van der Waals surface area contributed by atoms with Gasteiger partial charge in [0.25, 0.3) is 0 Å². The molecule has 0 atom stereocenters. The summed E-state index contributed by atoms with van der Waals surface area (Å²) in [6.45, 7) is 0. The van der Waals surface area contributed by atoms with Crippen LogP contribution in [0.25, 0.3) is 0 Å². The minimum absolute atomic E-state index is 0.192. The molecule has 1 rings (SSSR count). The summed E-state index contributed by atoms with van der Waals surface area (Å²) in [5.74, 6) is 0. The molecule has 0 saturated carbocycles. The molecular weight excluding hydrogens is 420 g/mol. The number of hydrogen-bond donors (Lipinski definition) is 1. The number of hydrogen-bond acceptors (Lipinski definition) is 4. The Bertz CT molecular complexity index is 420. The fourth-order valence-electron chi connectivity index (χ4n) is 0.818. The maximum atomic E-state index is 10.8. The molecule has 0 heterocycles. The normalized spacial score (nSPS) is 11.6. The van der Waals surface area contributed by atoms with Gasteiger partial charge < -0.3 is 10.3 Å². The molecule has 0 fully saturated rings. The highest BCUT2D eigenvalue weighted by Crippen LogP contribution is 2.26. The first-order chi connectivity index (χ1) is 5.82. The largest absolute Gasteiger partial charge is 0.744 e. The highest BCUT2D eigenvalue weighted by atomic mass is 127. The van der Waals surface area contributed by atoms with E-state index in [1.54, 1.807) is 45.2 Å². The Balaban J connectivity index is 3.57. The fourth-order valence-corrected chi connectivity index (χ4v) is 4.85. The molecule has 2 N–H and O–H groups in total. The third-order valence-corrected chi connectivity index (χ3v) is 4.64. The number of anilines is 1. The van der Waals surface area contributed by atoms with E-state index in [1.165, 1.54) is 12.1 Å². The lowest BCUT2D eigenvalue weighted by Crippen LogP contribution is -2.05. The van der Waals surface area contributed by atoms with E-state index in [0.717, 1.165) is 0 Å². The predicted octanol–water partition coefficient (Wildman–Crippen LogP) is 1.38. The topological polar surface area (TPSA) is 83.2 Å². The van der Waals surface area contributed by atoms with Crippen molar-refractivity contribution in [1.29, 1.82) is 0 Å². The van der Waals surface area contributed by atoms with Crippen LogP contribution in [0, 0.1) is 7.14 Å². The van der Waals surface area contributed by atoms with E-state index in [1.807, 2.05) is 0 Å². The van der Waals surface area contributed by atoms with Crippen LogP contribution in [0.1, 0.15) is 0 Å². The smallest absolute Gasteiger partial charge is 0.126 e. The third kappa shape index (κ3) is 2.67. The summed E-state index contributed by atoms with van der Waals surface area (Å²) < 4.78 is 33.1. The van der Waals surface area contributed by atoms with E-state index in [2.05, 4.69) is 0 Å². The molecule has 7 heteroatoms. The van der Waals surface area contributed by atoms with Gasteiger partial charge in [-0.3, -0.25) is 0 Å². The maximum absolute atomic E-state index is 10.8. The summed E-state index contributed by atoms with van der Waals surface area (Å²) in [6, 6.07) is 2.90. The van der Waals surface area contributed by atoms with Gasteiger partial charge in [0.2, 0.25) is 0 Å². The molecule has 0 aliphatic carbocycles. The van der Waals surface area contributed by atoms with Crippen molar-refractivity contribution in [2.45, 2.75) is 4.90 Å². The van der Waals surface area contributed by atoms with Crippen LogP contribution >= 0.6 is 45.2 Å². The molecule has 0 amide bonds. The molecule has 0 spiro atoms. The van der Waals surface area contributed by atoms with Gasteiger partial charge in [-0.25, -0.2) is 8.42 Å². The van der Waals surface area contributed by atoms with Crippen LogP contribution in [0.5, 0.6) is 0 Å². The summed E-state index contributed by atoms with van der Waals surface area (Å²) in [7, 11) is -4.40. The van der Waals surface area contributed by atoms with Gasteiger partial charge in [-0.1, -0.05) is 0 Å². The van der Waals surface area contributed by atoms with Crippen LogP contribution in [0.3, 0.4) is 0 Å². The van der Waals surface area contributed by atoms with Crippen LogP contribution < -0.4 is 5.73 Å². The standard InChI is InChI=1S/C6H5I2NO3S/c7-4-1-3(9)2-5(8)6(4)13(10,11)12/h1-2H,9H2,(H,10,11,12)/p-1. The maximum Gasteiger partial charge on any atom is 0.126 e. The van der Waals surface area contributed by atoms with Gasteiger partial charge in [0.1, 0.15) is 10.1 Å². The van der Waals surface area contributed by atoms with Crippen molar-refractivity contribution in [3.8, 4) is 0 Å². The molecule has 72 valence electrons. The Morgan fingerprint density at radius 3 is 1.92 bits per heavy atom. The van der Waals surface area contributed by atoms with Gasteiger partial charge in [-0.15, -0.1) is 0 Å². The second-order valence-electron chi connectivity index (χ2n) is 2.27. The van der Waals surface area contributed by atoms with Crippen molar-refractivity contribution in [3.63, 3.8) is 0 Å². The number of rotatable bonds is 1. The number of benzene rings is 1. The van der Waals surface area contributed by atoms with Crippen molar-refractivity contribution in [3.05, 3.63) is 19.3 Å². The Morgan fingerprint density at radius 1 is 1.23 bits per heavy atom. The fraction of sp³-hybridized carbons (Fsp3) is 0. The molecule has 0 aliphatic heterocycles. The molecule has 0 saturated heterocycles. The Morgan fingerprint density at radius 2 is 1.62 bits per heavy atom. The average molecular weight is 424 g/mol. The van der Waals surface area contributed by atoms with E-state index in [-0.39, 0.29) is 4.90 Å². The summed E-state index contributed by atoms with van der Waals surface area (Å²) >= 11 is 3.55. The van der Waals surface area contributed by atoms with Crippen molar-refractivity contribution < 1.29 is 13.0 Å². The first-order valence-electron chi connectivity index (χ1n) is 3.03. The molecule has 0 aliphatic rings. The summed E-state index contributed by atoms with van der Waals surface area (Å²) in [5.41, 5.74) is 5.91. The Hall–Kier alpha value is 0.390. The van der Waals surface area contributed by atoms with Gasteiger partial charge in [0.05, 0.1) is 4.90 Å². The lowest BCUT2D eigenvalue weighted by Gasteiger charge is -2.11. The zero-order chi connectivity index (χ0) is 10.2. The first kappa shape index (κ1) is 11.5. The van der Waals surface area contributed by atoms with E-state index >= 15 is 0 Å². The van der Waals surface area contributed by atoms with Crippen molar-refractivity contribution in [1.82, 2.24) is 0 Å². The summed E-state index contributed by atoms with van der Waals surface area (Å²) in [6.07, 6.45) is 0. The van der Waals surface area contributed by atoms with E-state index in [9.17, 15) is 13.0 Å². The highest BCUT2D eigenvalue weighted by Gasteiger charge is 2.12. The number of nitrogens with two attached hydrogens (primary N) is 1. The van der Waals surface area contributed by atoms with Crippen molar-refractivity contribution >= 4 is 61.0 Å². The Labute approximate surface area is 103 Å². The molecule has 0 aromatic heterocycles. The molecular formula is C6H4I2NO3S-. The Kier molecular flexibility index (Phi) is 3.41. The van der Waals surface area contributed by atoms with Gasteiger partial charge in [-0.05, 0) is 57.3 Å². The average Bonchev–Trinajstić information content (AvgIpc) is 1.78. The number of halogens is 2. The minimum Gasteiger partial charge on any atom is -0.744 e. The molecule has 13 heavy (non-hydrogen) atoms. The molecule has 0 unspecified atom stereocenters. The van der Waals surface area contributed by atoms with E-state index < -0.39 is 10.1 Å². The number of nitrogen functional groups attached to an aromatic ring is 1. The summed E-state index contributed by atoms with van der Waals surface area (Å²) in [4.78, 5) is -0.192. The van der Waals surface area contributed by atoms with Gasteiger partial charge in [0, 0.05) is 12.8 Å². The minimum atomic E-state index is -4.40. The highest BCUT2D eigenvalue weighted by molar-refractivity contribution is 14.1. The van der Waals surface area contributed by atoms with Crippen molar-refractivity contribution in [2.75, 3.05) is 5.73 Å². The van der Waals surface area contributed by atoms with Crippen molar-refractivity contribution in [2.24, 2.45) is 0 Å². The van der Waals surface area contributed by atoms with Crippen LogP contribution in [0.15, 0.2) is 17.0 Å². The van der Waals surface area contributed by atoms with Crippen LogP contribution in [-0.4, -0.2) is 13.0 Å². The molecule has 4 nitrogen and oxygen atoms in total.